The Labute approximate surface area is 125 Å². The lowest BCUT2D eigenvalue weighted by atomic mass is 10.2. The number of hydrogen-bond acceptors (Lipinski definition) is 3. The van der Waals surface area contributed by atoms with Crippen LogP contribution in [0.15, 0.2) is 24.3 Å². The molecule has 21 heavy (non-hydrogen) atoms. The van der Waals surface area contributed by atoms with E-state index in [0.29, 0.717) is 25.7 Å². The molecule has 0 aromatic heterocycles. The Balaban J connectivity index is 1.87. The summed E-state index contributed by atoms with van der Waals surface area (Å²) in [6.45, 7) is 3.48. The quantitative estimate of drug-likeness (QED) is 0.796. The summed E-state index contributed by atoms with van der Waals surface area (Å²) in [7, 11) is 1.62. The summed E-state index contributed by atoms with van der Waals surface area (Å²) in [6.07, 6.45) is 2.25. The molecule has 1 atom stereocenters. The molecule has 0 aliphatic heterocycles. The van der Waals surface area contributed by atoms with Crippen molar-refractivity contribution in [3.05, 3.63) is 35.6 Å². The first-order valence-electron chi connectivity index (χ1n) is 7.35. The van der Waals surface area contributed by atoms with E-state index in [0.717, 1.165) is 18.4 Å². The molecule has 4 nitrogen and oxygen atoms in total. The van der Waals surface area contributed by atoms with E-state index in [1.165, 1.54) is 12.1 Å². The molecule has 1 aromatic carbocycles. The number of rotatable bonds is 8. The predicted octanol–water partition coefficient (Wildman–Crippen LogP) is 1.94. The lowest BCUT2D eigenvalue weighted by molar-refractivity contribution is -0.123. The Morgan fingerprint density at radius 2 is 2.10 bits per heavy atom. The number of nitrogens with one attached hydrogen (secondary N) is 1. The zero-order valence-electron chi connectivity index (χ0n) is 12.6. The van der Waals surface area contributed by atoms with Crippen molar-refractivity contribution in [2.24, 2.45) is 0 Å². The van der Waals surface area contributed by atoms with Crippen molar-refractivity contribution in [3.8, 4) is 0 Å². The highest BCUT2D eigenvalue weighted by Gasteiger charge is 2.30. The molecule has 1 aromatic rings. The van der Waals surface area contributed by atoms with Crippen molar-refractivity contribution in [1.82, 2.24) is 10.2 Å². The van der Waals surface area contributed by atoms with Crippen LogP contribution in [-0.2, 0) is 16.1 Å². The van der Waals surface area contributed by atoms with Crippen molar-refractivity contribution in [2.45, 2.75) is 38.4 Å². The van der Waals surface area contributed by atoms with Gasteiger partial charge in [-0.05, 0) is 37.5 Å². The molecule has 0 radical (unpaired) electrons. The smallest absolute Gasteiger partial charge is 0.234 e. The number of amides is 1. The standard InChI is InChI=1S/C16H23FN2O2/c1-12(11-21-2)18-16(20)10-19(15-7-8-15)9-13-3-5-14(17)6-4-13/h3-6,12,15H,7-11H2,1-2H3,(H,18,20). The van der Waals surface area contributed by atoms with Gasteiger partial charge in [0.1, 0.15) is 5.82 Å². The van der Waals surface area contributed by atoms with E-state index in [-0.39, 0.29) is 17.8 Å². The van der Waals surface area contributed by atoms with Gasteiger partial charge in [-0.2, -0.15) is 0 Å². The van der Waals surface area contributed by atoms with Gasteiger partial charge in [-0.3, -0.25) is 9.69 Å². The van der Waals surface area contributed by atoms with Crippen LogP contribution in [0, 0.1) is 5.82 Å². The van der Waals surface area contributed by atoms with Crippen LogP contribution in [0.4, 0.5) is 4.39 Å². The molecule has 1 N–H and O–H groups in total. The van der Waals surface area contributed by atoms with Crippen LogP contribution < -0.4 is 5.32 Å². The highest BCUT2D eigenvalue weighted by atomic mass is 19.1. The van der Waals surface area contributed by atoms with Gasteiger partial charge >= 0.3 is 0 Å². The van der Waals surface area contributed by atoms with Gasteiger partial charge < -0.3 is 10.1 Å². The largest absolute Gasteiger partial charge is 0.383 e. The predicted molar refractivity (Wildman–Crippen MR) is 79.3 cm³/mol. The Morgan fingerprint density at radius 1 is 1.43 bits per heavy atom. The maximum atomic E-state index is 12.9. The molecule has 2 rings (SSSR count). The van der Waals surface area contributed by atoms with Crippen LogP contribution in [0.2, 0.25) is 0 Å². The minimum absolute atomic E-state index is 0.00793. The highest BCUT2D eigenvalue weighted by Crippen LogP contribution is 2.28. The number of benzene rings is 1. The minimum Gasteiger partial charge on any atom is -0.383 e. The molecule has 1 amide bonds. The zero-order chi connectivity index (χ0) is 15.2. The van der Waals surface area contributed by atoms with E-state index in [9.17, 15) is 9.18 Å². The monoisotopic (exact) mass is 294 g/mol. The van der Waals surface area contributed by atoms with Gasteiger partial charge in [0.25, 0.3) is 0 Å². The average Bonchev–Trinajstić information content (AvgIpc) is 3.25. The molecule has 1 unspecified atom stereocenters. The molecule has 5 heteroatoms. The van der Waals surface area contributed by atoms with Crippen molar-refractivity contribution in [3.63, 3.8) is 0 Å². The summed E-state index contributed by atoms with van der Waals surface area (Å²) in [4.78, 5) is 14.2. The van der Waals surface area contributed by atoms with Crippen molar-refractivity contribution in [1.29, 1.82) is 0 Å². The van der Waals surface area contributed by atoms with Crippen molar-refractivity contribution < 1.29 is 13.9 Å². The third kappa shape index (κ3) is 5.44. The van der Waals surface area contributed by atoms with Gasteiger partial charge in [-0.1, -0.05) is 12.1 Å². The minimum atomic E-state index is -0.233. The van der Waals surface area contributed by atoms with Crippen LogP contribution >= 0.6 is 0 Å². The van der Waals surface area contributed by atoms with Crippen molar-refractivity contribution in [2.75, 3.05) is 20.3 Å². The number of ether oxygens (including phenoxy) is 1. The van der Waals surface area contributed by atoms with E-state index in [1.54, 1.807) is 19.2 Å². The molecule has 0 bridgehead atoms. The van der Waals surface area contributed by atoms with Crippen LogP contribution in [0.3, 0.4) is 0 Å². The average molecular weight is 294 g/mol. The van der Waals surface area contributed by atoms with E-state index >= 15 is 0 Å². The Bertz CT molecular complexity index is 460. The number of carbonyl (C=O) groups excluding carboxylic acids is 1. The maximum absolute atomic E-state index is 12.9. The molecule has 1 saturated carbocycles. The molecule has 1 aliphatic rings. The summed E-state index contributed by atoms with van der Waals surface area (Å²) in [5.74, 6) is -0.226. The summed E-state index contributed by atoms with van der Waals surface area (Å²) in [5.41, 5.74) is 1.03. The molecule has 0 heterocycles. The Morgan fingerprint density at radius 3 is 2.67 bits per heavy atom. The van der Waals surface area contributed by atoms with Gasteiger partial charge in [-0.15, -0.1) is 0 Å². The molecular weight excluding hydrogens is 271 g/mol. The molecule has 0 saturated heterocycles. The fraction of sp³-hybridized carbons (Fsp3) is 0.562. The number of nitrogens with zero attached hydrogens (tertiary/aromatic N) is 1. The van der Waals surface area contributed by atoms with Gasteiger partial charge in [0.2, 0.25) is 5.91 Å². The molecule has 0 spiro atoms. The van der Waals surface area contributed by atoms with Gasteiger partial charge in [0.15, 0.2) is 0 Å². The first-order chi connectivity index (χ1) is 10.1. The van der Waals surface area contributed by atoms with E-state index in [1.807, 2.05) is 6.92 Å². The SMILES string of the molecule is COCC(C)NC(=O)CN(Cc1ccc(F)cc1)C1CC1. The molecular formula is C16H23FN2O2. The second-order valence-corrected chi connectivity index (χ2v) is 5.69. The third-order valence-electron chi connectivity index (χ3n) is 3.53. The number of hydrogen-bond donors (Lipinski definition) is 1. The zero-order valence-corrected chi connectivity index (χ0v) is 12.6. The van der Waals surface area contributed by atoms with Gasteiger partial charge in [0.05, 0.1) is 13.2 Å². The van der Waals surface area contributed by atoms with Crippen LogP contribution in [-0.4, -0.2) is 43.2 Å². The van der Waals surface area contributed by atoms with Crippen molar-refractivity contribution >= 4 is 5.91 Å². The van der Waals surface area contributed by atoms with Crippen LogP contribution in [0.1, 0.15) is 25.3 Å². The molecule has 116 valence electrons. The second-order valence-electron chi connectivity index (χ2n) is 5.69. The maximum Gasteiger partial charge on any atom is 0.234 e. The summed E-state index contributed by atoms with van der Waals surface area (Å²) in [6, 6.07) is 6.95. The summed E-state index contributed by atoms with van der Waals surface area (Å²) < 4.78 is 17.9. The fourth-order valence-electron chi connectivity index (χ4n) is 2.37. The Kier molecular flexibility index (Phi) is 5.70. The highest BCUT2D eigenvalue weighted by molar-refractivity contribution is 5.78. The number of halogens is 1. The third-order valence-corrected chi connectivity index (χ3v) is 3.53. The molecule has 1 fully saturated rings. The number of carbonyl (C=O) groups is 1. The topological polar surface area (TPSA) is 41.6 Å². The molecule has 1 aliphatic carbocycles. The summed E-state index contributed by atoms with van der Waals surface area (Å²) in [5, 5.41) is 2.92. The van der Waals surface area contributed by atoms with E-state index in [4.69, 9.17) is 4.74 Å². The lowest BCUT2D eigenvalue weighted by Gasteiger charge is -2.22. The number of methoxy groups -OCH3 is 1. The summed E-state index contributed by atoms with van der Waals surface area (Å²) >= 11 is 0. The second kappa shape index (κ2) is 7.52. The van der Waals surface area contributed by atoms with E-state index in [2.05, 4.69) is 10.2 Å². The lowest BCUT2D eigenvalue weighted by Crippen LogP contribution is -2.43. The van der Waals surface area contributed by atoms with Gasteiger partial charge in [0, 0.05) is 25.7 Å². The first kappa shape index (κ1) is 15.9. The fourth-order valence-corrected chi connectivity index (χ4v) is 2.37. The van der Waals surface area contributed by atoms with E-state index < -0.39 is 0 Å². The first-order valence-corrected chi connectivity index (χ1v) is 7.35. The Hall–Kier alpha value is -1.46. The van der Waals surface area contributed by atoms with Crippen LogP contribution in [0.25, 0.3) is 0 Å². The normalized spacial score (nSPS) is 16.0. The van der Waals surface area contributed by atoms with Crippen LogP contribution in [0.5, 0.6) is 0 Å². The van der Waals surface area contributed by atoms with Gasteiger partial charge in [-0.25, -0.2) is 4.39 Å².